The standard InChI is InChI=1S/C21H32N4O3/c1-2-28-16-20(26)24-12-8-19(9-13-24)25-11-5-6-17(15-25)21(27)23-14-18-7-3-4-10-22-18/h3-4,7,10,17,19H,2,5-6,8-9,11-16H2,1H3,(H,23,27)/t17-/m0/s1. The number of aromatic nitrogens is 1. The summed E-state index contributed by atoms with van der Waals surface area (Å²) in [5.74, 6) is 0.250. The molecule has 0 aliphatic carbocycles. The molecule has 28 heavy (non-hydrogen) atoms. The number of carbonyl (C=O) groups excluding carboxylic acids is 2. The number of hydrogen-bond donors (Lipinski definition) is 1. The van der Waals surface area contributed by atoms with E-state index in [0.29, 0.717) is 19.2 Å². The summed E-state index contributed by atoms with van der Waals surface area (Å²) in [5.41, 5.74) is 0.882. The Hall–Kier alpha value is -1.99. The Morgan fingerprint density at radius 1 is 1.21 bits per heavy atom. The van der Waals surface area contributed by atoms with E-state index in [1.54, 1.807) is 6.20 Å². The highest BCUT2D eigenvalue weighted by atomic mass is 16.5. The van der Waals surface area contributed by atoms with Crippen molar-refractivity contribution in [1.29, 1.82) is 0 Å². The average molecular weight is 389 g/mol. The maximum Gasteiger partial charge on any atom is 0.248 e. The molecular formula is C21H32N4O3. The van der Waals surface area contributed by atoms with Gasteiger partial charge < -0.3 is 15.0 Å². The van der Waals surface area contributed by atoms with Crippen LogP contribution >= 0.6 is 0 Å². The molecule has 154 valence electrons. The number of carbonyl (C=O) groups is 2. The maximum atomic E-state index is 12.6. The molecule has 0 aromatic carbocycles. The van der Waals surface area contributed by atoms with Crippen LogP contribution in [0.1, 0.15) is 38.3 Å². The lowest BCUT2D eigenvalue weighted by Gasteiger charge is -2.42. The summed E-state index contributed by atoms with van der Waals surface area (Å²) in [6.45, 7) is 6.55. The van der Waals surface area contributed by atoms with Gasteiger partial charge >= 0.3 is 0 Å². The molecule has 3 rings (SSSR count). The van der Waals surface area contributed by atoms with Crippen molar-refractivity contribution in [3.8, 4) is 0 Å². The third-order valence-electron chi connectivity index (χ3n) is 5.76. The molecule has 2 aliphatic rings. The largest absolute Gasteiger partial charge is 0.372 e. The van der Waals surface area contributed by atoms with E-state index in [9.17, 15) is 9.59 Å². The Balaban J connectivity index is 1.43. The molecule has 0 saturated carbocycles. The van der Waals surface area contributed by atoms with Crippen LogP contribution in [0.3, 0.4) is 0 Å². The van der Waals surface area contributed by atoms with Crippen LogP contribution in [0.2, 0.25) is 0 Å². The number of nitrogens with one attached hydrogen (secondary N) is 1. The number of piperidine rings is 2. The minimum Gasteiger partial charge on any atom is -0.372 e. The van der Waals surface area contributed by atoms with Gasteiger partial charge in [-0.2, -0.15) is 0 Å². The van der Waals surface area contributed by atoms with Crippen LogP contribution in [0, 0.1) is 5.92 Å². The smallest absolute Gasteiger partial charge is 0.248 e. The first kappa shape index (κ1) is 20.7. The van der Waals surface area contributed by atoms with Gasteiger partial charge in [0.2, 0.25) is 11.8 Å². The van der Waals surface area contributed by atoms with E-state index < -0.39 is 0 Å². The topological polar surface area (TPSA) is 74.8 Å². The number of hydrogen-bond acceptors (Lipinski definition) is 5. The van der Waals surface area contributed by atoms with Crippen molar-refractivity contribution in [2.24, 2.45) is 5.92 Å². The van der Waals surface area contributed by atoms with Crippen molar-refractivity contribution < 1.29 is 14.3 Å². The SMILES string of the molecule is CCOCC(=O)N1CCC(N2CCC[C@H](C(=O)NCc3ccccn3)C2)CC1. The molecule has 0 bridgehead atoms. The van der Waals surface area contributed by atoms with Crippen molar-refractivity contribution >= 4 is 11.8 Å². The van der Waals surface area contributed by atoms with Crippen LogP contribution in [-0.2, 0) is 20.9 Å². The Labute approximate surface area is 167 Å². The molecule has 0 radical (unpaired) electrons. The van der Waals surface area contributed by atoms with Crippen molar-refractivity contribution in [2.75, 3.05) is 39.4 Å². The van der Waals surface area contributed by atoms with Gasteiger partial charge in [0, 0.05) is 38.5 Å². The molecule has 3 heterocycles. The van der Waals surface area contributed by atoms with Crippen LogP contribution in [0.15, 0.2) is 24.4 Å². The van der Waals surface area contributed by atoms with E-state index in [4.69, 9.17) is 4.74 Å². The maximum absolute atomic E-state index is 12.6. The molecule has 1 atom stereocenters. The molecule has 7 nitrogen and oxygen atoms in total. The second-order valence-corrected chi connectivity index (χ2v) is 7.62. The van der Waals surface area contributed by atoms with Crippen LogP contribution in [0.25, 0.3) is 0 Å². The Morgan fingerprint density at radius 2 is 2.04 bits per heavy atom. The molecular weight excluding hydrogens is 356 g/mol. The Kier molecular flexibility index (Phi) is 7.80. The number of amides is 2. The van der Waals surface area contributed by atoms with Crippen molar-refractivity contribution in [3.05, 3.63) is 30.1 Å². The van der Waals surface area contributed by atoms with Gasteiger partial charge in [-0.1, -0.05) is 6.07 Å². The monoisotopic (exact) mass is 388 g/mol. The molecule has 2 fully saturated rings. The molecule has 7 heteroatoms. The first-order valence-electron chi connectivity index (χ1n) is 10.4. The lowest BCUT2D eigenvalue weighted by atomic mass is 9.93. The normalized spacial score (nSPS) is 21.5. The quantitative estimate of drug-likeness (QED) is 0.765. The number of likely N-dealkylation sites (tertiary alicyclic amines) is 2. The van der Waals surface area contributed by atoms with Gasteiger partial charge in [-0.05, 0) is 51.3 Å². The van der Waals surface area contributed by atoms with E-state index in [-0.39, 0.29) is 24.3 Å². The van der Waals surface area contributed by atoms with Crippen molar-refractivity contribution in [1.82, 2.24) is 20.1 Å². The zero-order valence-electron chi connectivity index (χ0n) is 16.8. The van der Waals surface area contributed by atoms with E-state index in [1.807, 2.05) is 30.0 Å². The number of ether oxygens (including phenoxy) is 1. The highest BCUT2D eigenvalue weighted by Crippen LogP contribution is 2.24. The number of pyridine rings is 1. The van der Waals surface area contributed by atoms with E-state index in [1.165, 1.54) is 0 Å². The van der Waals surface area contributed by atoms with Gasteiger partial charge in [0.15, 0.2) is 0 Å². The molecule has 1 N–H and O–H groups in total. The lowest BCUT2D eigenvalue weighted by molar-refractivity contribution is -0.137. The minimum atomic E-state index is 0.0371. The highest BCUT2D eigenvalue weighted by molar-refractivity contribution is 5.79. The first-order valence-corrected chi connectivity index (χ1v) is 10.4. The van der Waals surface area contributed by atoms with Gasteiger partial charge in [-0.25, -0.2) is 0 Å². The van der Waals surface area contributed by atoms with Gasteiger partial charge in [-0.15, -0.1) is 0 Å². The molecule has 1 aromatic heterocycles. The average Bonchev–Trinajstić information content (AvgIpc) is 2.76. The second kappa shape index (κ2) is 10.5. The summed E-state index contributed by atoms with van der Waals surface area (Å²) < 4.78 is 5.24. The van der Waals surface area contributed by atoms with Crippen molar-refractivity contribution in [2.45, 2.75) is 45.2 Å². The summed E-state index contributed by atoms with van der Waals surface area (Å²) in [5, 5.41) is 3.04. The van der Waals surface area contributed by atoms with Gasteiger partial charge in [0.05, 0.1) is 18.2 Å². The summed E-state index contributed by atoms with van der Waals surface area (Å²) in [4.78, 5) is 33.3. The predicted octanol–water partition coefficient (Wildman–Crippen LogP) is 1.44. The minimum absolute atomic E-state index is 0.0371. The first-order chi connectivity index (χ1) is 13.7. The molecule has 0 spiro atoms. The van der Waals surface area contributed by atoms with Gasteiger partial charge in [0.25, 0.3) is 0 Å². The fourth-order valence-corrected chi connectivity index (χ4v) is 4.14. The van der Waals surface area contributed by atoms with Crippen LogP contribution < -0.4 is 5.32 Å². The molecule has 1 aromatic rings. The van der Waals surface area contributed by atoms with Crippen molar-refractivity contribution in [3.63, 3.8) is 0 Å². The molecule has 0 unspecified atom stereocenters. The van der Waals surface area contributed by atoms with E-state index in [2.05, 4.69) is 15.2 Å². The third-order valence-corrected chi connectivity index (χ3v) is 5.76. The fraction of sp³-hybridized carbons (Fsp3) is 0.667. The van der Waals surface area contributed by atoms with Crippen LogP contribution in [0.4, 0.5) is 0 Å². The third kappa shape index (κ3) is 5.75. The van der Waals surface area contributed by atoms with Gasteiger partial charge in [-0.3, -0.25) is 19.5 Å². The Bertz CT molecular complexity index is 632. The zero-order valence-corrected chi connectivity index (χ0v) is 16.8. The predicted molar refractivity (Wildman–Crippen MR) is 106 cm³/mol. The summed E-state index contributed by atoms with van der Waals surface area (Å²) in [7, 11) is 0. The molecule has 2 saturated heterocycles. The number of rotatable bonds is 7. The summed E-state index contributed by atoms with van der Waals surface area (Å²) in [6.07, 6.45) is 5.68. The highest BCUT2D eigenvalue weighted by Gasteiger charge is 2.32. The number of nitrogens with zero attached hydrogens (tertiary/aromatic N) is 3. The molecule has 2 aliphatic heterocycles. The van der Waals surface area contributed by atoms with E-state index >= 15 is 0 Å². The lowest BCUT2D eigenvalue weighted by Crippen LogP contribution is -2.51. The Morgan fingerprint density at radius 3 is 2.75 bits per heavy atom. The van der Waals surface area contributed by atoms with Crippen LogP contribution in [-0.4, -0.2) is 72.0 Å². The van der Waals surface area contributed by atoms with Crippen LogP contribution in [0.5, 0.6) is 0 Å². The van der Waals surface area contributed by atoms with Gasteiger partial charge in [0.1, 0.15) is 6.61 Å². The molecule has 2 amide bonds. The van der Waals surface area contributed by atoms with E-state index in [0.717, 1.165) is 57.6 Å². The zero-order chi connectivity index (χ0) is 19.8. The summed E-state index contributed by atoms with van der Waals surface area (Å²) in [6, 6.07) is 6.19. The second-order valence-electron chi connectivity index (χ2n) is 7.62. The fourth-order valence-electron chi connectivity index (χ4n) is 4.14. The summed E-state index contributed by atoms with van der Waals surface area (Å²) >= 11 is 0.